The maximum Gasteiger partial charge on any atom is 0.248 e. The number of ether oxygens (including phenoxy) is 1. The molecular weight excluding hydrogens is 418 g/mol. The van der Waals surface area contributed by atoms with E-state index in [4.69, 9.17) is 9.26 Å². The second-order valence-corrected chi connectivity index (χ2v) is 10.3. The number of aliphatic hydroxyl groups is 1. The summed E-state index contributed by atoms with van der Waals surface area (Å²) in [5, 5.41) is 14.3. The lowest BCUT2D eigenvalue weighted by Crippen LogP contribution is -2.50. The predicted octanol–water partition coefficient (Wildman–Crippen LogP) is 2.05. The highest BCUT2D eigenvalue weighted by Crippen LogP contribution is 2.32. The molecule has 2 heterocycles. The van der Waals surface area contributed by atoms with E-state index in [-0.39, 0.29) is 17.6 Å². The summed E-state index contributed by atoms with van der Waals surface area (Å²) in [4.78, 5) is 2.25. The third kappa shape index (κ3) is 4.85. The lowest BCUT2D eigenvalue weighted by Gasteiger charge is -2.35. The molecule has 0 radical (unpaired) electrons. The van der Waals surface area contributed by atoms with Gasteiger partial charge in [0.1, 0.15) is 10.6 Å². The van der Waals surface area contributed by atoms with Gasteiger partial charge in [-0.3, -0.25) is 4.90 Å². The first-order chi connectivity index (χ1) is 14.9. The third-order valence-corrected chi connectivity index (χ3v) is 8.31. The Bertz CT molecular complexity index is 979. The van der Waals surface area contributed by atoms with Crippen molar-refractivity contribution in [2.24, 2.45) is 0 Å². The van der Waals surface area contributed by atoms with Crippen molar-refractivity contribution < 1.29 is 22.8 Å². The topological polar surface area (TPSA) is 96.1 Å². The number of nitrogens with zero attached hydrogens (tertiary/aromatic N) is 3. The van der Waals surface area contributed by atoms with Crippen molar-refractivity contribution in [2.75, 3.05) is 39.3 Å². The molecular formula is C22H31N3O5S. The lowest BCUT2D eigenvalue weighted by molar-refractivity contribution is -0.0304. The van der Waals surface area contributed by atoms with Crippen molar-refractivity contribution >= 4 is 10.0 Å². The Labute approximate surface area is 183 Å². The minimum atomic E-state index is -3.62. The molecule has 1 aromatic heterocycles. The van der Waals surface area contributed by atoms with Crippen LogP contribution in [0.5, 0.6) is 0 Å². The van der Waals surface area contributed by atoms with Gasteiger partial charge in [0, 0.05) is 32.7 Å². The maximum absolute atomic E-state index is 12.9. The van der Waals surface area contributed by atoms with Gasteiger partial charge in [-0.15, -0.1) is 0 Å². The summed E-state index contributed by atoms with van der Waals surface area (Å²) in [5.74, 6) is 0.316. The molecule has 0 spiro atoms. The van der Waals surface area contributed by atoms with E-state index in [9.17, 15) is 13.5 Å². The van der Waals surface area contributed by atoms with Gasteiger partial charge in [0.15, 0.2) is 5.76 Å². The molecule has 1 aromatic carbocycles. The molecule has 8 nitrogen and oxygen atoms in total. The SMILES string of the molecule is Cc1noc(C)c1S(=O)(=O)N1CCN(CC(O)COC2CCCc3ccccc32)CC1. The first-order valence-corrected chi connectivity index (χ1v) is 12.3. The molecule has 4 rings (SSSR count). The van der Waals surface area contributed by atoms with Crippen LogP contribution in [0.2, 0.25) is 0 Å². The standard InChI is InChI=1S/C22H31N3O5S/c1-16-22(17(2)30-23-16)31(27,28)25-12-10-24(11-13-25)14-19(26)15-29-21-9-5-7-18-6-3-4-8-20(18)21/h3-4,6,8,19,21,26H,5,7,9-15H2,1-2H3. The second-order valence-electron chi connectivity index (χ2n) is 8.42. The van der Waals surface area contributed by atoms with Gasteiger partial charge >= 0.3 is 0 Å². The fourth-order valence-corrected chi connectivity index (χ4v) is 6.30. The van der Waals surface area contributed by atoms with E-state index in [2.05, 4.69) is 28.3 Å². The minimum Gasteiger partial charge on any atom is -0.389 e. The van der Waals surface area contributed by atoms with Gasteiger partial charge in [-0.25, -0.2) is 8.42 Å². The quantitative estimate of drug-likeness (QED) is 0.691. The zero-order valence-electron chi connectivity index (χ0n) is 18.2. The molecule has 170 valence electrons. The zero-order valence-corrected chi connectivity index (χ0v) is 19.0. The van der Waals surface area contributed by atoms with Crippen molar-refractivity contribution in [3.63, 3.8) is 0 Å². The van der Waals surface area contributed by atoms with E-state index in [1.807, 2.05) is 6.07 Å². The molecule has 1 N–H and O–H groups in total. The van der Waals surface area contributed by atoms with E-state index in [1.165, 1.54) is 15.4 Å². The van der Waals surface area contributed by atoms with Crippen molar-refractivity contribution in [3.05, 3.63) is 46.8 Å². The van der Waals surface area contributed by atoms with Crippen LogP contribution < -0.4 is 0 Å². The number of rotatable bonds is 7. The zero-order chi connectivity index (χ0) is 22.0. The molecule has 2 unspecified atom stereocenters. The number of hydrogen-bond acceptors (Lipinski definition) is 7. The monoisotopic (exact) mass is 449 g/mol. The summed E-state index contributed by atoms with van der Waals surface area (Å²) < 4.78 is 38.4. The summed E-state index contributed by atoms with van der Waals surface area (Å²) in [5.41, 5.74) is 2.96. The van der Waals surface area contributed by atoms with Crippen molar-refractivity contribution in [1.29, 1.82) is 0 Å². The van der Waals surface area contributed by atoms with Crippen LogP contribution in [0, 0.1) is 13.8 Å². The van der Waals surface area contributed by atoms with E-state index < -0.39 is 16.1 Å². The number of aromatic nitrogens is 1. The molecule has 9 heteroatoms. The Balaban J connectivity index is 1.27. The van der Waals surface area contributed by atoms with Gasteiger partial charge in [-0.05, 0) is 44.2 Å². The molecule has 2 atom stereocenters. The van der Waals surface area contributed by atoms with Gasteiger partial charge in [-0.2, -0.15) is 4.31 Å². The number of sulfonamides is 1. The van der Waals surface area contributed by atoms with Crippen LogP contribution in [0.1, 0.15) is 41.5 Å². The number of benzene rings is 1. The Morgan fingerprint density at radius 1 is 1.23 bits per heavy atom. The largest absolute Gasteiger partial charge is 0.389 e. The average Bonchev–Trinajstić information content (AvgIpc) is 3.11. The fourth-order valence-electron chi connectivity index (χ4n) is 4.58. The third-order valence-electron chi connectivity index (χ3n) is 6.17. The second kappa shape index (κ2) is 9.38. The minimum absolute atomic E-state index is 0.0386. The average molecular weight is 450 g/mol. The summed E-state index contributed by atoms with van der Waals surface area (Å²) in [6, 6.07) is 8.36. The van der Waals surface area contributed by atoms with E-state index in [0.717, 1.165) is 19.3 Å². The van der Waals surface area contributed by atoms with Gasteiger partial charge in [0.25, 0.3) is 0 Å². The Morgan fingerprint density at radius 3 is 2.68 bits per heavy atom. The molecule has 1 fully saturated rings. The summed E-state index contributed by atoms with van der Waals surface area (Å²) in [6.45, 7) is 5.86. The molecule has 0 amide bonds. The summed E-state index contributed by atoms with van der Waals surface area (Å²) in [6.07, 6.45) is 2.58. The van der Waals surface area contributed by atoms with Gasteiger partial charge in [-0.1, -0.05) is 29.4 Å². The van der Waals surface area contributed by atoms with Crippen LogP contribution in [0.25, 0.3) is 0 Å². The molecule has 31 heavy (non-hydrogen) atoms. The van der Waals surface area contributed by atoms with Gasteiger partial charge in [0.05, 0.1) is 18.8 Å². The molecule has 0 saturated carbocycles. The van der Waals surface area contributed by atoms with Crippen LogP contribution >= 0.6 is 0 Å². The lowest BCUT2D eigenvalue weighted by atomic mass is 9.89. The summed E-state index contributed by atoms with van der Waals surface area (Å²) in [7, 11) is -3.62. The number of hydrogen-bond donors (Lipinski definition) is 1. The van der Waals surface area contributed by atoms with Crippen LogP contribution in [-0.4, -0.2) is 73.3 Å². The smallest absolute Gasteiger partial charge is 0.248 e. The Morgan fingerprint density at radius 2 is 1.97 bits per heavy atom. The van der Waals surface area contributed by atoms with Crippen LogP contribution in [-0.2, 0) is 21.2 Å². The first-order valence-electron chi connectivity index (χ1n) is 10.9. The number of aryl methyl sites for hydroxylation is 3. The van der Waals surface area contributed by atoms with E-state index >= 15 is 0 Å². The van der Waals surface area contributed by atoms with E-state index in [0.29, 0.717) is 44.2 Å². The number of aliphatic hydroxyl groups excluding tert-OH is 1. The van der Waals surface area contributed by atoms with Crippen molar-refractivity contribution in [3.8, 4) is 0 Å². The molecule has 1 aliphatic heterocycles. The molecule has 2 aromatic rings. The predicted molar refractivity (Wildman–Crippen MR) is 115 cm³/mol. The number of fused-ring (bicyclic) bond motifs is 1. The molecule has 1 saturated heterocycles. The normalized spacial score (nSPS) is 21.7. The summed E-state index contributed by atoms with van der Waals surface area (Å²) >= 11 is 0. The highest BCUT2D eigenvalue weighted by atomic mass is 32.2. The molecule has 0 bridgehead atoms. The Hall–Kier alpha value is -1.78. The number of piperazine rings is 1. The van der Waals surface area contributed by atoms with Crippen LogP contribution in [0.3, 0.4) is 0 Å². The van der Waals surface area contributed by atoms with Crippen LogP contribution in [0.15, 0.2) is 33.7 Å². The van der Waals surface area contributed by atoms with Crippen LogP contribution in [0.4, 0.5) is 0 Å². The molecule has 1 aliphatic carbocycles. The number of β-amino-alcohol motifs (C(OH)–C–C–N with tert-alkyl or cyclic N) is 1. The maximum atomic E-state index is 12.9. The van der Waals surface area contributed by atoms with Crippen molar-refractivity contribution in [2.45, 2.75) is 50.2 Å². The Kier molecular flexibility index (Phi) is 6.78. The first kappa shape index (κ1) is 22.4. The highest BCUT2D eigenvalue weighted by Gasteiger charge is 2.33. The fraction of sp³-hybridized carbons (Fsp3) is 0.591. The highest BCUT2D eigenvalue weighted by molar-refractivity contribution is 7.89. The van der Waals surface area contributed by atoms with Crippen molar-refractivity contribution in [1.82, 2.24) is 14.4 Å². The van der Waals surface area contributed by atoms with E-state index in [1.54, 1.807) is 13.8 Å². The van der Waals surface area contributed by atoms with Gasteiger partial charge < -0.3 is 14.4 Å². The molecule has 2 aliphatic rings. The van der Waals surface area contributed by atoms with Gasteiger partial charge in [0.2, 0.25) is 10.0 Å².